The predicted molar refractivity (Wildman–Crippen MR) is 71.9 cm³/mol. The third kappa shape index (κ3) is 3.99. The van der Waals surface area contributed by atoms with Crippen LogP contribution in [0, 0.1) is 0 Å². The van der Waals surface area contributed by atoms with E-state index in [9.17, 15) is 24.9 Å². The first-order chi connectivity index (χ1) is 9.90. The molecule has 0 aliphatic carbocycles. The highest BCUT2D eigenvalue weighted by molar-refractivity contribution is 4.89. The average molecular weight is 304 g/mol. The van der Waals surface area contributed by atoms with E-state index in [1.807, 2.05) is 0 Å². The Balaban J connectivity index is 3.17. The topological polar surface area (TPSA) is 134 Å². The number of aromatic nitrogens is 2. The minimum atomic E-state index is -1.67. The molecular weight excluding hydrogens is 284 g/mol. The zero-order valence-corrected chi connectivity index (χ0v) is 11.9. The second kappa shape index (κ2) is 7.48. The average Bonchev–Trinajstić information content (AvgIpc) is 2.43. The van der Waals surface area contributed by atoms with Crippen LogP contribution in [0.2, 0.25) is 0 Å². The maximum atomic E-state index is 11.8. The van der Waals surface area contributed by atoms with Crippen LogP contribution in [0.5, 0.6) is 0 Å². The van der Waals surface area contributed by atoms with Crippen LogP contribution in [0.1, 0.15) is 13.2 Å². The molecule has 4 N–H and O–H groups in total. The Hall–Kier alpha value is -1.52. The molecule has 2 atom stereocenters. The molecule has 21 heavy (non-hydrogen) atoms. The van der Waals surface area contributed by atoms with Gasteiger partial charge in [-0.05, 0) is 6.92 Å². The van der Waals surface area contributed by atoms with Crippen molar-refractivity contribution in [2.45, 2.75) is 24.9 Å². The van der Waals surface area contributed by atoms with Crippen molar-refractivity contribution in [2.24, 2.45) is 0 Å². The first kappa shape index (κ1) is 17.5. The van der Waals surface area contributed by atoms with Crippen molar-refractivity contribution in [3.05, 3.63) is 33.1 Å². The van der Waals surface area contributed by atoms with Crippen LogP contribution in [-0.4, -0.2) is 63.5 Å². The maximum Gasteiger partial charge on any atom is 0.330 e. The molecule has 0 amide bonds. The highest BCUT2D eigenvalue weighted by Gasteiger charge is 2.38. The molecule has 1 aromatic heterocycles. The van der Waals surface area contributed by atoms with Gasteiger partial charge in [0.1, 0.15) is 5.60 Å². The van der Waals surface area contributed by atoms with Crippen LogP contribution in [0.25, 0.3) is 0 Å². The number of H-pyrrole nitrogens is 1. The Kier molecular flexibility index (Phi) is 6.24. The minimum Gasteiger partial charge on any atom is -0.393 e. The summed E-state index contributed by atoms with van der Waals surface area (Å²) in [6.07, 6.45) is -1.05. The third-order valence-corrected chi connectivity index (χ3v) is 3.14. The number of aromatic amines is 1. The molecule has 120 valence electrons. The summed E-state index contributed by atoms with van der Waals surface area (Å²) in [5, 5.41) is 28.5. The monoisotopic (exact) mass is 304 g/mol. The van der Waals surface area contributed by atoms with E-state index in [1.54, 1.807) is 0 Å². The van der Waals surface area contributed by atoms with E-state index in [0.29, 0.717) is 0 Å². The van der Waals surface area contributed by atoms with Gasteiger partial charge in [0.25, 0.3) is 5.56 Å². The number of nitrogens with zero attached hydrogens (tertiary/aromatic N) is 1. The molecule has 1 aromatic rings. The van der Waals surface area contributed by atoms with E-state index in [2.05, 4.69) is 4.98 Å². The second-order valence-electron chi connectivity index (χ2n) is 4.60. The number of rotatable bonds is 8. The summed E-state index contributed by atoms with van der Waals surface area (Å²) in [7, 11) is 1.37. The van der Waals surface area contributed by atoms with Gasteiger partial charge in [-0.3, -0.25) is 14.3 Å². The lowest BCUT2D eigenvalue weighted by molar-refractivity contribution is -0.219. The zero-order valence-electron chi connectivity index (χ0n) is 11.9. The molecule has 1 rings (SSSR count). The van der Waals surface area contributed by atoms with Crippen LogP contribution in [0.3, 0.4) is 0 Å². The van der Waals surface area contributed by atoms with E-state index < -0.39 is 42.4 Å². The fraction of sp³-hybridized carbons (Fsp3) is 0.667. The van der Waals surface area contributed by atoms with Gasteiger partial charge in [0.15, 0.2) is 6.23 Å². The Labute approximate surface area is 120 Å². The van der Waals surface area contributed by atoms with Gasteiger partial charge in [0, 0.05) is 19.4 Å². The quantitative estimate of drug-likeness (QED) is 0.428. The molecular formula is C12H20N2O7. The zero-order chi connectivity index (χ0) is 16.0. The Morgan fingerprint density at radius 3 is 2.43 bits per heavy atom. The molecule has 1 unspecified atom stereocenters. The number of ether oxygens (including phenoxy) is 2. The van der Waals surface area contributed by atoms with Gasteiger partial charge in [-0.15, -0.1) is 0 Å². The molecule has 0 aliphatic heterocycles. The van der Waals surface area contributed by atoms with E-state index in [0.717, 1.165) is 10.6 Å². The lowest BCUT2D eigenvalue weighted by atomic mass is 10.00. The summed E-state index contributed by atoms with van der Waals surface area (Å²) in [4.78, 5) is 24.9. The van der Waals surface area contributed by atoms with Crippen molar-refractivity contribution in [2.75, 3.05) is 26.9 Å². The van der Waals surface area contributed by atoms with Gasteiger partial charge in [0.05, 0.1) is 25.9 Å². The highest BCUT2D eigenvalue weighted by atomic mass is 16.6. The van der Waals surface area contributed by atoms with Gasteiger partial charge in [-0.1, -0.05) is 0 Å². The van der Waals surface area contributed by atoms with Gasteiger partial charge >= 0.3 is 5.69 Å². The standard InChI is InChI=1S/C12H20N2O7/c1-8(17)12(6-15,7-16)21-10(5-20-2)14-4-3-9(18)13-11(14)19/h3-4,8,10,15-17H,5-7H2,1-2H3,(H,13,18,19)/t8-,10?/m1/s1. The normalized spacial score (nSPS) is 14.9. The molecule has 0 bridgehead atoms. The van der Waals surface area contributed by atoms with Gasteiger partial charge in [-0.25, -0.2) is 4.79 Å². The molecule has 0 saturated heterocycles. The Morgan fingerprint density at radius 2 is 2.00 bits per heavy atom. The summed E-state index contributed by atoms with van der Waals surface area (Å²) in [5.41, 5.74) is -2.97. The summed E-state index contributed by atoms with van der Waals surface area (Å²) in [5.74, 6) is 0. The molecule has 0 aliphatic rings. The molecule has 0 aromatic carbocycles. The summed E-state index contributed by atoms with van der Waals surface area (Å²) in [6, 6.07) is 1.12. The van der Waals surface area contributed by atoms with E-state index in [4.69, 9.17) is 9.47 Å². The van der Waals surface area contributed by atoms with Gasteiger partial charge < -0.3 is 24.8 Å². The maximum absolute atomic E-state index is 11.8. The van der Waals surface area contributed by atoms with E-state index >= 15 is 0 Å². The van der Waals surface area contributed by atoms with Crippen molar-refractivity contribution in [1.82, 2.24) is 9.55 Å². The van der Waals surface area contributed by atoms with Crippen LogP contribution in [-0.2, 0) is 9.47 Å². The van der Waals surface area contributed by atoms with Crippen LogP contribution in [0.4, 0.5) is 0 Å². The Morgan fingerprint density at radius 1 is 1.38 bits per heavy atom. The van der Waals surface area contributed by atoms with Crippen LogP contribution < -0.4 is 11.2 Å². The number of hydrogen-bond acceptors (Lipinski definition) is 7. The van der Waals surface area contributed by atoms with E-state index in [1.165, 1.54) is 20.2 Å². The number of hydrogen-bond donors (Lipinski definition) is 4. The van der Waals surface area contributed by atoms with Crippen LogP contribution >= 0.6 is 0 Å². The fourth-order valence-corrected chi connectivity index (χ4v) is 1.73. The second-order valence-corrected chi connectivity index (χ2v) is 4.60. The summed E-state index contributed by atoms with van der Waals surface area (Å²) < 4.78 is 11.5. The molecule has 9 nitrogen and oxygen atoms in total. The SMILES string of the molecule is COCC(OC(CO)(CO)[C@@H](C)O)n1ccc(=O)[nH]c1=O. The first-order valence-electron chi connectivity index (χ1n) is 6.28. The largest absolute Gasteiger partial charge is 0.393 e. The molecule has 9 heteroatoms. The molecule has 0 radical (unpaired) electrons. The highest BCUT2D eigenvalue weighted by Crippen LogP contribution is 2.22. The molecule has 1 heterocycles. The predicted octanol–water partition coefficient (Wildman–Crippen LogP) is -2.20. The first-order valence-corrected chi connectivity index (χ1v) is 6.28. The van der Waals surface area contributed by atoms with Crippen molar-refractivity contribution in [3.8, 4) is 0 Å². The van der Waals surface area contributed by atoms with E-state index in [-0.39, 0.29) is 6.61 Å². The number of aliphatic hydroxyl groups excluding tert-OH is 3. The summed E-state index contributed by atoms with van der Waals surface area (Å²) >= 11 is 0. The lowest BCUT2D eigenvalue weighted by Crippen LogP contribution is -2.52. The summed E-state index contributed by atoms with van der Waals surface area (Å²) in [6.45, 7) is -0.0919. The number of methoxy groups -OCH3 is 1. The molecule has 0 saturated carbocycles. The van der Waals surface area contributed by atoms with Gasteiger partial charge in [0.2, 0.25) is 0 Å². The number of aliphatic hydroxyl groups is 3. The van der Waals surface area contributed by atoms with Crippen molar-refractivity contribution >= 4 is 0 Å². The third-order valence-electron chi connectivity index (χ3n) is 3.14. The van der Waals surface area contributed by atoms with Crippen LogP contribution in [0.15, 0.2) is 21.9 Å². The van der Waals surface area contributed by atoms with Crippen molar-refractivity contribution in [3.63, 3.8) is 0 Å². The van der Waals surface area contributed by atoms with Crippen molar-refractivity contribution in [1.29, 1.82) is 0 Å². The van der Waals surface area contributed by atoms with Crippen molar-refractivity contribution < 1.29 is 24.8 Å². The Bertz CT molecular complexity index is 547. The fourth-order valence-electron chi connectivity index (χ4n) is 1.73. The lowest BCUT2D eigenvalue weighted by Gasteiger charge is -2.36. The molecule has 0 spiro atoms. The smallest absolute Gasteiger partial charge is 0.330 e. The molecule has 0 fully saturated rings. The minimum absolute atomic E-state index is 0.0968. The number of nitrogens with one attached hydrogen (secondary N) is 1. The van der Waals surface area contributed by atoms with Gasteiger partial charge in [-0.2, -0.15) is 0 Å².